The quantitative estimate of drug-likeness (QED) is 0.637. The molecule has 0 aromatic carbocycles. The highest BCUT2D eigenvalue weighted by atomic mass is 32.2. The first-order valence-electron chi connectivity index (χ1n) is 5.13. The van der Waals surface area contributed by atoms with Gasteiger partial charge in [0.15, 0.2) is 0 Å². The molecule has 0 fully saturated rings. The van der Waals surface area contributed by atoms with Gasteiger partial charge in [-0.05, 0) is 18.8 Å². The molecule has 14 heavy (non-hydrogen) atoms. The standard InChI is InChI=1S/C10H20O3S/c1-3-9(2)8-14(13)7-5-4-6-10(11)12/h9H,3-8H2,1-2H3,(H,11,12). The SMILES string of the molecule is CCC(C)CS(=O)CCCCC(=O)O. The van der Waals surface area contributed by atoms with Crippen molar-refractivity contribution >= 4 is 16.8 Å². The van der Waals surface area contributed by atoms with Crippen LogP contribution in [0.4, 0.5) is 0 Å². The van der Waals surface area contributed by atoms with Crippen molar-refractivity contribution in [3.05, 3.63) is 0 Å². The predicted molar refractivity (Wildman–Crippen MR) is 58.8 cm³/mol. The Kier molecular flexibility index (Phi) is 7.76. The van der Waals surface area contributed by atoms with Crippen molar-refractivity contribution in [2.24, 2.45) is 5.92 Å². The predicted octanol–water partition coefficient (Wildman–Crippen LogP) is 2.04. The van der Waals surface area contributed by atoms with Gasteiger partial charge in [0.2, 0.25) is 0 Å². The molecule has 0 heterocycles. The van der Waals surface area contributed by atoms with Crippen molar-refractivity contribution in [1.29, 1.82) is 0 Å². The Labute approximate surface area is 88.4 Å². The molecular weight excluding hydrogens is 200 g/mol. The Hall–Kier alpha value is -0.380. The second-order valence-corrected chi connectivity index (χ2v) is 5.30. The first-order valence-corrected chi connectivity index (χ1v) is 6.61. The highest BCUT2D eigenvalue weighted by Gasteiger charge is 2.05. The van der Waals surface area contributed by atoms with Crippen LogP contribution in [0.5, 0.6) is 0 Å². The van der Waals surface area contributed by atoms with Crippen molar-refractivity contribution in [2.45, 2.75) is 39.5 Å². The molecule has 2 unspecified atom stereocenters. The van der Waals surface area contributed by atoms with E-state index in [2.05, 4.69) is 13.8 Å². The van der Waals surface area contributed by atoms with Crippen LogP contribution in [0.15, 0.2) is 0 Å². The van der Waals surface area contributed by atoms with E-state index in [9.17, 15) is 9.00 Å². The monoisotopic (exact) mass is 220 g/mol. The molecule has 0 saturated carbocycles. The minimum Gasteiger partial charge on any atom is -0.481 e. The molecule has 0 aliphatic carbocycles. The Bertz CT molecular complexity index is 192. The summed E-state index contributed by atoms with van der Waals surface area (Å²) < 4.78 is 11.4. The zero-order valence-electron chi connectivity index (χ0n) is 8.99. The molecule has 0 aromatic heterocycles. The third-order valence-electron chi connectivity index (χ3n) is 2.18. The number of carboxylic acids is 1. The first-order chi connectivity index (χ1) is 6.56. The summed E-state index contributed by atoms with van der Waals surface area (Å²) >= 11 is 0. The van der Waals surface area contributed by atoms with Gasteiger partial charge in [0.05, 0.1) is 0 Å². The molecule has 0 aromatic rings. The van der Waals surface area contributed by atoms with Crippen LogP contribution in [-0.4, -0.2) is 26.8 Å². The Morgan fingerprint density at radius 1 is 1.43 bits per heavy atom. The van der Waals surface area contributed by atoms with Crippen LogP contribution in [0.2, 0.25) is 0 Å². The Morgan fingerprint density at radius 3 is 2.57 bits per heavy atom. The van der Waals surface area contributed by atoms with E-state index in [1.807, 2.05) is 0 Å². The number of unbranched alkanes of at least 4 members (excludes halogenated alkanes) is 1. The summed E-state index contributed by atoms with van der Waals surface area (Å²) in [6, 6.07) is 0. The largest absolute Gasteiger partial charge is 0.481 e. The normalized spacial score (nSPS) is 15.0. The maximum absolute atomic E-state index is 11.4. The van der Waals surface area contributed by atoms with Gasteiger partial charge in [0.25, 0.3) is 0 Å². The third kappa shape index (κ3) is 8.23. The molecule has 0 bridgehead atoms. The lowest BCUT2D eigenvalue weighted by molar-refractivity contribution is -0.137. The van der Waals surface area contributed by atoms with E-state index in [0.29, 0.717) is 18.1 Å². The zero-order chi connectivity index (χ0) is 11.0. The van der Waals surface area contributed by atoms with E-state index in [1.165, 1.54) is 0 Å². The first kappa shape index (κ1) is 13.6. The van der Waals surface area contributed by atoms with Crippen molar-refractivity contribution in [2.75, 3.05) is 11.5 Å². The number of aliphatic carboxylic acids is 1. The van der Waals surface area contributed by atoms with Crippen LogP contribution in [-0.2, 0) is 15.6 Å². The molecule has 3 nitrogen and oxygen atoms in total. The summed E-state index contributed by atoms with van der Waals surface area (Å²) in [5.74, 6) is 1.15. The molecule has 1 N–H and O–H groups in total. The fourth-order valence-electron chi connectivity index (χ4n) is 1.06. The van der Waals surface area contributed by atoms with Gasteiger partial charge in [-0.15, -0.1) is 0 Å². The lowest BCUT2D eigenvalue weighted by Crippen LogP contribution is -2.10. The molecule has 4 heteroatoms. The molecule has 0 saturated heterocycles. The summed E-state index contributed by atoms with van der Waals surface area (Å²) in [5, 5.41) is 8.39. The topological polar surface area (TPSA) is 54.4 Å². The van der Waals surface area contributed by atoms with Gasteiger partial charge >= 0.3 is 5.97 Å². The summed E-state index contributed by atoms with van der Waals surface area (Å²) in [7, 11) is -0.758. The fraction of sp³-hybridized carbons (Fsp3) is 0.900. The highest BCUT2D eigenvalue weighted by molar-refractivity contribution is 7.84. The van der Waals surface area contributed by atoms with Gasteiger partial charge in [-0.2, -0.15) is 0 Å². The molecule has 0 rings (SSSR count). The lowest BCUT2D eigenvalue weighted by atomic mass is 10.2. The maximum Gasteiger partial charge on any atom is 0.303 e. The minimum atomic E-state index is -0.766. The second-order valence-electron chi connectivity index (χ2n) is 3.67. The van der Waals surface area contributed by atoms with Gasteiger partial charge in [-0.1, -0.05) is 20.3 Å². The zero-order valence-corrected chi connectivity index (χ0v) is 9.81. The summed E-state index contributed by atoms with van der Waals surface area (Å²) in [5.41, 5.74) is 0. The average molecular weight is 220 g/mol. The van der Waals surface area contributed by atoms with Gasteiger partial charge < -0.3 is 5.11 Å². The van der Waals surface area contributed by atoms with Gasteiger partial charge in [-0.3, -0.25) is 9.00 Å². The second kappa shape index (κ2) is 7.97. The van der Waals surface area contributed by atoms with Gasteiger partial charge in [0.1, 0.15) is 0 Å². The average Bonchev–Trinajstić information content (AvgIpc) is 2.12. The van der Waals surface area contributed by atoms with Crippen LogP contribution in [0.3, 0.4) is 0 Å². The third-order valence-corrected chi connectivity index (χ3v) is 3.86. The number of carboxylic acid groups (broad SMARTS) is 1. The Morgan fingerprint density at radius 2 is 2.07 bits per heavy atom. The van der Waals surface area contributed by atoms with Gasteiger partial charge in [-0.25, -0.2) is 0 Å². The van der Waals surface area contributed by atoms with E-state index >= 15 is 0 Å². The highest BCUT2D eigenvalue weighted by Crippen LogP contribution is 2.05. The summed E-state index contributed by atoms with van der Waals surface area (Å²) in [4.78, 5) is 10.2. The number of hydrogen-bond donors (Lipinski definition) is 1. The van der Waals surface area contributed by atoms with Crippen molar-refractivity contribution < 1.29 is 14.1 Å². The van der Waals surface area contributed by atoms with Crippen LogP contribution >= 0.6 is 0 Å². The summed E-state index contributed by atoms with van der Waals surface area (Å²) in [6.45, 7) is 4.18. The van der Waals surface area contributed by atoms with Gasteiger partial charge in [0, 0.05) is 28.7 Å². The molecule has 0 radical (unpaired) electrons. The van der Waals surface area contributed by atoms with Crippen molar-refractivity contribution in [1.82, 2.24) is 0 Å². The molecule has 2 atom stereocenters. The van der Waals surface area contributed by atoms with Crippen molar-refractivity contribution in [3.63, 3.8) is 0 Å². The molecule has 0 aliphatic rings. The summed E-state index contributed by atoms with van der Waals surface area (Å²) in [6.07, 6.45) is 2.65. The van der Waals surface area contributed by atoms with E-state index < -0.39 is 16.8 Å². The van der Waals surface area contributed by atoms with Crippen LogP contribution in [0.1, 0.15) is 39.5 Å². The number of carbonyl (C=O) groups is 1. The van der Waals surface area contributed by atoms with Crippen LogP contribution < -0.4 is 0 Å². The smallest absolute Gasteiger partial charge is 0.303 e. The minimum absolute atomic E-state index is 0.195. The molecule has 84 valence electrons. The van der Waals surface area contributed by atoms with Crippen LogP contribution in [0.25, 0.3) is 0 Å². The van der Waals surface area contributed by atoms with E-state index in [-0.39, 0.29) is 6.42 Å². The molecule has 0 spiro atoms. The maximum atomic E-state index is 11.4. The Balaban J connectivity index is 3.40. The number of hydrogen-bond acceptors (Lipinski definition) is 2. The van der Waals surface area contributed by atoms with E-state index in [0.717, 1.165) is 18.6 Å². The van der Waals surface area contributed by atoms with E-state index in [4.69, 9.17) is 5.11 Å². The van der Waals surface area contributed by atoms with Crippen LogP contribution in [0, 0.1) is 5.92 Å². The molecule has 0 aliphatic heterocycles. The van der Waals surface area contributed by atoms with Crippen molar-refractivity contribution in [3.8, 4) is 0 Å². The molecular formula is C10H20O3S. The van der Waals surface area contributed by atoms with E-state index in [1.54, 1.807) is 0 Å². The lowest BCUT2D eigenvalue weighted by Gasteiger charge is -2.07. The number of rotatable bonds is 8. The fourth-order valence-corrected chi connectivity index (χ4v) is 2.62. The molecule has 0 amide bonds.